The Morgan fingerprint density at radius 3 is 1.77 bits per heavy atom. The number of rotatable bonds is 16. The summed E-state index contributed by atoms with van der Waals surface area (Å²) >= 11 is 0. The van der Waals surface area contributed by atoms with Crippen LogP contribution in [0.2, 0.25) is 0 Å². The zero-order valence-electron chi connectivity index (χ0n) is 16.2. The molecule has 146 valence electrons. The van der Waals surface area contributed by atoms with Gasteiger partial charge in [0.1, 0.15) is 6.54 Å². The van der Waals surface area contributed by atoms with Crippen molar-refractivity contribution in [2.75, 3.05) is 6.54 Å². The number of hydrogen-bond donors (Lipinski definition) is 2. The summed E-state index contributed by atoms with van der Waals surface area (Å²) in [4.78, 5) is 21.6. The molecular weight excluding hydrogens is 326 g/mol. The molecule has 0 aliphatic heterocycles. The number of carboxylic acids is 1. The van der Waals surface area contributed by atoms with E-state index in [1.165, 1.54) is 25.7 Å². The van der Waals surface area contributed by atoms with Gasteiger partial charge in [-0.05, 0) is 44.9 Å². The minimum Gasteiger partial charge on any atom is -0.480 e. The lowest BCUT2D eigenvalue weighted by Gasteiger charge is -2.00. The van der Waals surface area contributed by atoms with E-state index in [0.29, 0.717) is 6.42 Å². The van der Waals surface area contributed by atoms with Gasteiger partial charge in [-0.15, -0.1) is 0 Å². The third kappa shape index (κ3) is 19.9. The fourth-order valence-electron chi connectivity index (χ4n) is 2.20. The van der Waals surface area contributed by atoms with Crippen LogP contribution in [0.25, 0.3) is 0 Å². The van der Waals surface area contributed by atoms with Crippen molar-refractivity contribution < 1.29 is 14.7 Å². The Kier molecular flexibility index (Phi) is 17.7. The van der Waals surface area contributed by atoms with Gasteiger partial charge in [-0.2, -0.15) is 0 Å². The predicted octanol–water partition coefficient (Wildman–Crippen LogP) is 5.33. The Balaban J connectivity index is 3.48. The molecule has 0 heterocycles. The normalized spacial score (nSPS) is 12.0. The molecule has 0 spiro atoms. The summed E-state index contributed by atoms with van der Waals surface area (Å²) in [6.45, 7) is 1.92. The highest BCUT2D eigenvalue weighted by Crippen LogP contribution is 2.01. The maximum atomic E-state index is 11.3. The molecule has 0 aromatic heterocycles. The summed E-state index contributed by atoms with van der Waals surface area (Å²) in [5.74, 6) is -1.22. The van der Waals surface area contributed by atoms with Crippen LogP contribution >= 0.6 is 0 Å². The lowest BCUT2D eigenvalue weighted by molar-refractivity contribution is -0.137. The van der Waals surface area contributed by atoms with E-state index in [2.05, 4.69) is 60.8 Å². The number of allylic oxidation sites excluding steroid dienone is 8. The average Bonchev–Trinajstić information content (AvgIpc) is 2.62. The summed E-state index contributed by atoms with van der Waals surface area (Å²) in [5.41, 5.74) is 0. The highest BCUT2D eigenvalue weighted by atomic mass is 16.4. The second-order valence-electron chi connectivity index (χ2n) is 6.15. The van der Waals surface area contributed by atoms with Gasteiger partial charge in [0.2, 0.25) is 5.91 Å². The van der Waals surface area contributed by atoms with Crippen LogP contribution in [0.5, 0.6) is 0 Å². The second-order valence-corrected chi connectivity index (χ2v) is 6.15. The van der Waals surface area contributed by atoms with Gasteiger partial charge < -0.3 is 10.4 Å². The van der Waals surface area contributed by atoms with Gasteiger partial charge in [-0.1, -0.05) is 68.4 Å². The van der Waals surface area contributed by atoms with Gasteiger partial charge in [0, 0.05) is 6.42 Å². The van der Waals surface area contributed by atoms with E-state index in [1.807, 2.05) is 0 Å². The van der Waals surface area contributed by atoms with Crippen LogP contribution in [0.15, 0.2) is 48.6 Å². The first-order valence-corrected chi connectivity index (χ1v) is 9.75. The molecule has 26 heavy (non-hydrogen) atoms. The summed E-state index contributed by atoms with van der Waals surface area (Å²) in [5, 5.41) is 10.8. The zero-order valence-corrected chi connectivity index (χ0v) is 16.2. The SMILES string of the molecule is CCCCC/C=C\C/C=C/C/C=C\C/C=C\CCCC(=O)NCC(=O)O. The highest BCUT2D eigenvalue weighted by Gasteiger charge is 2.02. The van der Waals surface area contributed by atoms with Crippen LogP contribution in [0.3, 0.4) is 0 Å². The maximum Gasteiger partial charge on any atom is 0.322 e. The lowest BCUT2D eigenvalue weighted by Crippen LogP contribution is -2.28. The number of hydrogen-bond acceptors (Lipinski definition) is 2. The lowest BCUT2D eigenvalue weighted by atomic mass is 10.2. The number of nitrogens with one attached hydrogen (secondary N) is 1. The topological polar surface area (TPSA) is 66.4 Å². The number of unbranched alkanes of at least 4 members (excludes halogenated alkanes) is 4. The van der Waals surface area contributed by atoms with Gasteiger partial charge in [-0.3, -0.25) is 9.59 Å². The van der Waals surface area contributed by atoms with Crippen LogP contribution in [0.1, 0.15) is 71.1 Å². The first kappa shape index (κ1) is 23.9. The monoisotopic (exact) mass is 361 g/mol. The molecule has 0 unspecified atom stereocenters. The van der Waals surface area contributed by atoms with Crippen molar-refractivity contribution in [3.63, 3.8) is 0 Å². The first-order valence-electron chi connectivity index (χ1n) is 9.75. The van der Waals surface area contributed by atoms with Crippen LogP contribution in [0.4, 0.5) is 0 Å². The molecule has 0 rings (SSSR count). The Morgan fingerprint density at radius 2 is 1.27 bits per heavy atom. The summed E-state index contributed by atoms with van der Waals surface area (Å²) in [6.07, 6.45) is 27.3. The van der Waals surface area contributed by atoms with Crippen molar-refractivity contribution in [3.05, 3.63) is 48.6 Å². The van der Waals surface area contributed by atoms with E-state index in [-0.39, 0.29) is 12.5 Å². The molecule has 0 bridgehead atoms. The minimum absolute atomic E-state index is 0.205. The number of amides is 1. The standard InChI is InChI=1S/C22H35NO3/c1-2-3-4-5-6-7-8-9-10-11-12-13-14-15-16-17-18-19-21(24)23-20-22(25)26/h6-7,9-10,12-13,15-16H,2-5,8,11,14,17-20H2,1H3,(H,23,24)(H,25,26)/b7-6-,10-9+,13-12-,16-15-. The number of carboxylic acid groups (broad SMARTS) is 1. The van der Waals surface area contributed by atoms with Crippen molar-refractivity contribution in [1.82, 2.24) is 5.32 Å². The van der Waals surface area contributed by atoms with Crippen molar-refractivity contribution >= 4 is 11.9 Å². The van der Waals surface area contributed by atoms with Crippen molar-refractivity contribution in [1.29, 1.82) is 0 Å². The van der Waals surface area contributed by atoms with E-state index in [1.54, 1.807) is 0 Å². The van der Waals surface area contributed by atoms with Crippen LogP contribution in [-0.4, -0.2) is 23.5 Å². The molecule has 0 aromatic carbocycles. The molecule has 1 amide bonds. The molecule has 0 fully saturated rings. The van der Waals surface area contributed by atoms with Crippen molar-refractivity contribution in [3.8, 4) is 0 Å². The average molecular weight is 362 g/mol. The van der Waals surface area contributed by atoms with Crippen molar-refractivity contribution in [2.24, 2.45) is 0 Å². The van der Waals surface area contributed by atoms with Gasteiger partial charge in [0.15, 0.2) is 0 Å². The summed E-state index contributed by atoms with van der Waals surface area (Å²) < 4.78 is 0. The predicted molar refractivity (Wildman–Crippen MR) is 109 cm³/mol. The highest BCUT2D eigenvalue weighted by molar-refractivity contribution is 5.80. The molecule has 0 atom stereocenters. The molecule has 4 nitrogen and oxygen atoms in total. The molecule has 2 N–H and O–H groups in total. The van der Waals surface area contributed by atoms with E-state index in [4.69, 9.17) is 5.11 Å². The molecule has 0 aromatic rings. The van der Waals surface area contributed by atoms with Crippen LogP contribution in [-0.2, 0) is 9.59 Å². The Morgan fingerprint density at radius 1 is 0.769 bits per heavy atom. The maximum absolute atomic E-state index is 11.3. The molecule has 4 heteroatoms. The zero-order chi connectivity index (χ0) is 19.3. The number of carbonyl (C=O) groups excluding carboxylic acids is 1. The largest absolute Gasteiger partial charge is 0.480 e. The molecule has 0 aliphatic carbocycles. The van der Waals surface area contributed by atoms with Gasteiger partial charge >= 0.3 is 5.97 Å². The molecule has 0 saturated carbocycles. The van der Waals surface area contributed by atoms with Crippen molar-refractivity contribution in [2.45, 2.75) is 71.1 Å². The first-order chi connectivity index (χ1) is 12.7. The molecular formula is C22H35NO3. The molecule has 0 saturated heterocycles. The Bertz CT molecular complexity index is 476. The van der Waals surface area contributed by atoms with E-state index >= 15 is 0 Å². The second kappa shape index (κ2) is 19.2. The molecule has 0 radical (unpaired) electrons. The molecule has 0 aliphatic rings. The fourth-order valence-corrected chi connectivity index (χ4v) is 2.20. The van der Waals surface area contributed by atoms with Gasteiger partial charge in [0.05, 0.1) is 0 Å². The van der Waals surface area contributed by atoms with Crippen LogP contribution in [0, 0.1) is 0 Å². The van der Waals surface area contributed by atoms with E-state index in [0.717, 1.165) is 32.1 Å². The fraction of sp³-hybridized carbons (Fsp3) is 0.545. The Labute approximate surface area is 158 Å². The quantitative estimate of drug-likeness (QED) is 0.288. The third-order valence-corrected chi connectivity index (χ3v) is 3.67. The van der Waals surface area contributed by atoms with Crippen LogP contribution < -0.4 is 5.32 Å². The summed E-state index contributed by atoms with van der Waals surface area (Å²) in [7, 11) is 0. The smallest absolute Gasteiger partial charge is 0.322 e. The minimum atomic E-state index is -1.02. The number of aliphatic carboxylic acids is 1. The van der Waals surface area contributed by atoms with E-state index in [9.17, 15) is 9.59 Å². The van der Waals surface area contributed by atoms with Gasteiger partial charge in [0.25, 0.3) is 0 Å². The van der Waals surface area contributed by atoms with E-state index < -0.39 is 5.97 Å². The summed E-state index contributed by atoms with van der Waals surface area (Å²) in [6, 6.07) is 0. The number of carbonyl (C=O) groups is 2. The third-order valence-electron chi connectivity index (χ3n) is 3.67. The van der Waals surface area contributed by atoms with Gasteiger partial charge in [-0.25, -0.2) is 0 Å². The Hall–Kier alpha value is -2.10.